The average Bonchev–Trinajstić information content (AvgIpc) is 2.50. The van der Waals surface area contributed by atoms with E-state index in [2.05, 4.69) is 20.9 Å². The van der Waals surface area contributed by atoms with Gasteiger partial charge in [0.15, 0.2) is 0 Å². The summed E-state index contributed by atoms with van der Waals surface area (Å²) >= 11 is 3.40. The fourth-order valence-corrected chi connectivity index (χ4v) is 2.79. The molecule has 0 N–H and O–H groups in total. The zero-order valence-electron chi connectivity index (χ0n) is 12.3. The van der Waals surface area contributed by atoms with E-state index in [9.17, 15) is 4.79 Å². The Labute approximate surface area is 136 Å². The van der Waals surface area contributed by atoms with E-state index in [4.69, 9.17) is 4.74 Å². The van der Waals surface area contributed by atoms with Gasteiger partial charge in [-0.05, 0) is 56.3 Å². The monoisotopic (exact) mass is 358 g/mol. The van der Waals surface area contributed by atoms with Crippen LogP contribution in [0.1, 0.15) is 12.7 Å². The highest BCUT2D eigenvalue weighted by molar-refractivity contribution is 9.10. The fourth-order valence-electron chi connectivity index (χ4n) is 2.43. The molecule has 1 heterocycles. The Morgan fingerprint density at radius 1 is 1.18 bits per heavy atom. The van der Waals surface area contributed by atoms with Gasteiger partial charge in [0.25, 0.3) is 5.56 Å². The normalized spacial score (nSPS) is 10.9. The van der Waals surface area contributed by atoms with E-state index in [-0.39, 0.29) is 5.56 Å². The van der Waals surface area contributed by atoms with Crippen LogP contribution in [0.25, 0.3) is 16.6 Å². The first-order valence-electron chi connectivity index (χ1n) is 7.02. The molecule has 0 amide bonds. The van der Waals surface area contributed by atoms with Crippen LogP contribution < -0.4 is 10.3 Å². The molecule has 0 saturated heterocycles. The molecule has 0 atom stereocenters. The van der Waals surface area contributed by atoms with Gasteiger partial charge in [0, 0.05) is 4.47 Å². The number of rotatable bonds is 3. The molecule has 112 valence electrons. The summed E-state index contributed by atoms with van der Waals surface area (Å²) in [6.45, 7) is 4.39. The van der Waals surface area contributed by atoms with E-state index < -0.39 is 0 Å². The van der Waals surface area contributed by atoms with E-state index in [1.54, 1.807) is 10.6 Å². The number of nitrogens with zero attached hydrogens (tertiary/aromatic N) is 2. The van der Waals surface area contributed by atoms with Gasteiger partial charge in [0.1, 0.15) is 11.6 Å². The van der Waals surface area contributed by atoms with Crippen molar-refractivity contribution in [3.63, 3.8) is 0 Å². The smallest absolute Gasteiger partial charge is 0.265 e. The second-order valence-electron chi connectivity index (χ2n) is 4.89. The molecule has 4 nitrogen and oxygen atoms in total. The molecule has 0 saturated carbocycles. The van der Waals surface area contributed by atoms with E-state index >= 15 is 0 Å². The minimum Gasteiger partial charge on any atom is -0.494 e. The van der Waals surface area contributed by atoms with Crippen LogP contribution >= 0.6 is 15.9 Å². The van der Waals surface area contributed by atoms with Crippen molar-refractivity contribution in [2.45, 2.75) is 13.8 Å². The summed E-state index contributed by atoms with van der Waals surface area (Å²) in [5, 5.41) is 0.592. The van der Waals surface area contributed by atoms with Crippen LogP contribution in [0.5, 0.6) is 5.75 Å². The molecule has 0 aliphatic carbocycles. The van der Waals surface area contributed by atoms with Gasteiger partial charge in [-0.2, -0.15) is 0 Å². The van der Waals surface area contributed by atoms with Crippen molar-refractivity contribution in [2.75, 3.05) is 6.61 Å². The maximum Gasteiger partial charge on any atom is 0.265 e. The van der Waals surface area contributed by atoms with Crippen LogP contribution in [0.2, 0.25) is 0 Å². The minimum atomic E-state index is -0.0760. The lowest BCUT2D eigenvalue weighted by Crippen LogP contribution is -2.22. The highest BCUT2D eigenvalue weighted by Gasteiger charge is 2.10. The largest absolute Gasteiger partial charge is 0.494 e. The predicted molar refractivity (Wildman–Crippen MR) is 90.9 cm³/mol. The maximum absolute atomic E-state index is 12.8. The summed E-state index contributed by atoms with van der Waals surface area (Å²) in [6, 6.07) is 13.0. The number of fused-ring (bicyclic) bond motifs is 1. The Kier molecular flexibility index (Phi) is 3.98. The first-order valence-corrected chi connectivity index (χ1v) is 7.81. The number of ether oxygens (including phenoxy) is 1. The molecular weight excluding hydrogens is 344 g/mol. The fraction of sp³-hybridized carbons (Fsp3) is 0.176. The summed E-state index contributed by atoms with van der Waals surface area (Å²) in [5.41, 5.74) is 1.40. The maximum atomic E-state index is 12.8. The highest BCUT2D eigenvalue weighted by Crippen LogP contribution is 2.19. The summed E-state index contributed by atoms with van der Waals surface area (Å²) in [7, 11) is 0. The van der Waals surface area contributed by atoms with Gasteiger partial charge in [-0.1, -0.05) is 15.9 Å². The Morgan fingerprint density at radius 3 is 2.59 bits per heavy atom. The third-order valence-electron chi connectivity index (χ3n) is 3.40. The molecule has 0 radical (unpaired) electrons. The molecule has 2 aromatic carbocycles. The Balaban J connectivity index is 2.19. The standard InChI is InChI=1S/C17H15BrN2O2/c1-3-22-14-7-5-13(6-8-14)20-11(2)19-16-9-4-12(18)10-15(16)17(20)21/h4-10H,3H2,1-2H3. The van der Waals surface area contributed by atoms with Gasteiger partial charge < -0.3 is 4.74 Å². The lowest BCUT2D eigenvalue weighted by atomic mass is 10.2. The first kappa shape index (κ1) is 14.8. The zero-order chi connectivity index (χ0) is 15.7. The van der Waals surface area contributed by atoms with Crippen LogP contribution in [0.15, 0.2) is 51.7 Å². The lowest BCUT2D eigenvalue weighted by Gasteiger charge is -2.12. The number of halogens is 1. The van der Waals surface area contributed by atoms with E-state index in [1.165, 1.54) is 0 Å². The third kappa shape index (κ3) is 2.64. The molecule has 3 aromatic rings. The number of aromatic nitrogens is 2. The molecule has 0 bridgehead atoms. The average molecular weight is 359 g/mol. The molecule has 1 aromatic heterocycles. The van der Waals surface area contributed by atoms with Gasteiger partial charge in [-0.15, -0.1) is 0 Å². The van der Waals surface area contributed by atoms with Crippen molar-refractivity contribution in [3.05, 3.63) is 63.1 Å². The van der Waals surface area contributed by atoms with Gasteiger partial charge in [0.05, 0.1) is 23.2 Å². The summed E-state index contributed by atoms with van der Waals surface area (Å²) in [4.78, 5) is 17.3. The summed E-state index contributed by atoms with van der Waals surface area (Å²) < 4.78 is 7.91. The van der Waals surface area contributed by atoms with Gasteiger partial charge in [0.2, 0.25) is 0 Å². The van der Waals surface area contributed by atoms with Crippen LogP contribution in [0.3, 0.4) is 0 Å². The predicted octanol–water partition coefficient (Wildman–Crippen LogP) is 3.86. The zero-order valence-corrected chi connectivity index (χ0v) is 13.9. The topological polar surface area (TPSA) is 44.1 Å². The van der Waals surface area contributed by atoms with E-state index in [1.807, 2.05) is 50.2 Å². The van der Waals surface area contributed by atoms with Crippen molar-refractivity contribution in [1.82, 2.24) is 9.55 Å². The molecule has 0 aliphatic rings. The Morgan fingerprint density at radius 2 is 1.91 bits per heavy atom. The van der Waals surface area contributed by atoms with Crippen molar-refractivity contribution >= 4 is 26.8 Å². The molecule has 3 rings (SSSR count). The quantitative estimate of drug-likeness (QED) is 0.713. The molecule has 0 unspecified atom stereocenters. The van der Waals surface area contributed by atoms with Crippen molar-refractivity contribution in [1.29, 1.82) is 0 Å². The van der Waals surface area contributed by atoms with Crippen molar-refractivity contribution < 1.29 is 4.74 Å². The SMILES string of the molecule is CCOc1ccc(-n2c(C)nc3ccc(Br)cc3c2=O)cc1. The molecule has 0 spiro atoms. The molecule has 0 aliphatic heterocycles. The molecule has 0 fully saturated rings. The van der Waals surface area contributed by atoms with Crippen molar-refractivity contribution in [2.24, 2.45) is 0 Å². The number of hydrogen-bond acceptors (Lipinski definition) is 3. The number of benzene rings is 2. The van der Waals surface area contributed by atoms with Crippen LogP contribution in [0, 0.1) is 6.92 Å². The van der Waals surface area contributed by atoms with Crippen LogP contribution in [-0.2, 0) is 0 Å². The van der Waals surface area contributed by atoms with Gasteiger partial charge in [-0.3, -0.25) is 9.36 Å². The molecule has 5 heteroatoms. The number of hydrogen-bond donors (Lipinski definition) is 0. The summed E-state index contributed by atoms with van der Waals surface area (Å²) in [6.07, 6.45) is 0. The van der Waals surface area contributed by atoms with E-state index in [0.29, 0.717) is 23.3 Å². The molecular formula is C17H15BrN2O2. The summed E-state index contributed by atoms with van der Waals surface area (Å²) in [5.74, 6) is 1.44. The van der Waals surface area contributed by atoms with Gasteiger partial charge >= 0.3 is 0 Å². The van der Waals surface area contributed by atoms with E-state index in [0.717, 1.165) is 15.9 Å². The van der Waals surface area contributed by atoms with Gasteiger partial charge in [-0.25, -0.2) is 4.98 Å². The first-order chi connectivity index (χ1) is 10.6. The number of aryl methyl sites for hydroxylation is 1. The minimum absolute atomic E-state index is 0.0760. The van der Waals surface area contributed by atoms with Crippen LogP contribution in [0.4, 0.5) is 0 Å². The second kappa shape index (κ2) is 5.93. The Bertz CT molecular complexity index is 886. The van der Waals surface area contributed by atoms with Crippen LogP contribution in [-0.4, -0.2) is 16.2 Å². The highest BCUT2D eigenvalue weighted by atomic mass is 79.9. The second-order valence-corrected chi connectivity index (χ2v) is 5.80. The molecule has 22 heavy (non-hydrogen) atoms. The third-order valence-corrected chi connectivity index (χ3v) is 3.90. The Hall–Kier alpha value is -2.14. The lowest BCUT2D eigenvalue weighted by molar-refractivity contribution is 0.340. The van der Waals surface area contributed by atoms with Crippen molar-refractivity contribution in [3.8, 4) is 11.4 Å².